The van der Waals surface area contributed by atoms with Gasteiger partial charge < -0.3 is 30.7 Å². The smallest absolute Gasteiger partial charge is 0.417 e. The Labute approximate surface area is 214 Å². The molecule has 0 heterocycles. The molecule has 0 amide bonds. The number of rotatable bonds is 19. The Hall–Kier alpha value is 0.314. The van der Waals surface area contributed by atoms with E-state index in [2.05, 4.69) is 76.8 Å². The molecule has 203 valence electrons. The second-order valence-electron chi connectivity index (χ2n) is 11.8. The van der Waals surface area contributed by atoms with Gasteiger partial charge in [0, 0.05) is 6.61 Å². The van der Waals surface area contributed by atoms with Gasteiger partial charge in [-0.05, 0) is 98.3 Å². The van der Waals surface area contributed by atoms with Crippen molar-refractivity contribution in [3.63, 3.8) is 0 Å². The monoisotopic (exact) mass is 571 g/mol. The molecule has 8 nitrogen and oxygen atoms in total. The van der Waals surface area contributed by atoms with Gasteiger partial charge >= 0.3 is 32.2 Å². The molecule has 0 aromatic carbocycles. The number of carbonyl (C=O) groups excluding carboxylic acids is 1. The minimum Gasteiger partial charge on any atom is -0.455 e. The van der Waals surface area contributed by atoms with Crippen molar-refractivity contribution in [1.29, 1.82) is 0 Å². The third-order valence-corrected chi connectivity index (χ3v) is 22.4. The van der Waals surface area contributed by atoms with Crippen molar-refractivity contribution >= 4 is 48.8 Å². The summed E-state index contributed by atoms with van der Waals surface area (Å²) >= 11 is 0. The molecule has 13 heteroatoms. The summed E-state index contributed by atoms with van der Waals surface area (Å²) < 4.78 is 42.2. The van der Waals surface area contributed by atoms with Crippen LogP contribution in [0, 0.1) is 0 Å². The molecule has 0 rings (SSSR count). The van der Waals surface area contributed by atoms with Gasteiger partial charge in [-0.2, -0.15) is 0 Å². The van der Waals surface area contributed by atoms with Gasteiger partial charge in [-0.15, -0.1) is 0 Å². The Morgan fingerprint density at radius 3 is 1.62 bits per heavy atom. The van der Waals surface area contributed by atoms with Crippen LogP contribution in [0.25, 0.3) is 0 Å². The van der Waals surface area contributed by atoms with E-state index in [1.54, 1.807) is 0 Å². The van der Waals surface area contributed by atoms with Crippen molar-refractivity contribution in [2.24, 2.45) is 0 Å². The standard InChI is InChI=1S/C21H51O8Si5/c1-20(17-23-19-22)25-18-21(2)24-15-14-16-31(6,7)27-33(10,11)29-34(12,13)28-32(8,9)26-30(3,4)5/h20-21H,14-18H2,1-13H3. The largest absolute Gasteiger partial charge is 0.455 e. The summed E-state index contributed by atoms with van der Waals surface area (Å²) in [6.45, 7) is 30.3. The third kappa shape index (κ3) is 18.6. The molecule has 1 radical (unpaired) electrons. The molecule has 0 bridgehead atoms. The van der Waals surface area contributed by atoms with Crippen LogP contribution in [0.3, 0.4) is 0 Å². The first-order valence-corrected chi connectivity index (χ1v) is 27.2. The lowest BCUT2D eigenvalue weighted by atomic mass is 10.4. The van der Waals surface area contributed by atoms with Crippen LogP contribution >= 0.6 is 0 Å². The molecular formula is C21H51O8Si5. The van der Waals surface area contributed by atoms with Gasteiger partial charge in [0.2, 0.25) is 0 Å². The zero-order chi connectivity index (χ0) is 26.8. The molecule has 0 aliphatic carbocycles. The van der Waals surface area contributed by atoms with Crippen molar-refractivity contribution in [1.82, 2.24) is 0 Å². The molecule has 0 saturated carbocycles. The first-order chi connectivity index (χ1) is 15.2. The molecule has 0 aliphatic rings. The fourth-order valence-corrected chi connectivity index (χ4v) is 27.8. The summed E-state index contributed by atoms with van der Waals surface area (Å²) in [5.41, 5.74) is 0. The molecule has 0 aromatic heterocycles. The fraction of sp³-hybridized carbons (Fsp3) is 0.952. The predicted octanol–water partition coefficient (Wildman–Crippen LogP) is 5.48. The minimum absolute atomic E-state index is 0.0302. The highest BCUT2D eigenvalue weighted by Crippen LogP contribution is 2.27. The highest BCUT2D eigenvalue weighted by molar-refractivity contribution is 6.90. The van der Waals surface area contributed by atoms with Crippen LogP contribution in [0.2, 0.25) is 78.1 Å². The molecule has 2 atom stereocenters. The van der Waals surface area contributed by atoms with Gasteiger partial charge in [-0.3, -0.25) is 0 Å². The van der Waals surface area contributed by atoms with E-state index >= 15 is 0 Å². The van der Waals surface area contributed by atoms with Gasteiger partial charge in [-0.25, -0.2) is 4.79 Å². The maximum Gasteiger partial charge on any atom is 0.417 e. The van der Waals surface area contributed by atoms with Gasteiger partial charge in [-0.1, -0.05) is 0 Å². The Morgan fingerprint density at radius 2 is 1.12 bits per heavy atom. The van der Waals surface area contributed by atoms with Crippen LogP contribution in [0.1, 0.15) is 20.3 Å². The van der Waals surface area contributed by atoms with E-state index in [4.69, 9.17) is 25.9 Å². The highest BCUT2D eigenvalue weighted by atomic mass is 28.5. The average molecular weight is 572 g/mol. The quantitative estimate of drug-likeness (QED) is 0.149. The summed E-state index contributed by atoms with van der Waals surface area (Å²) in [7, 11) is -10.7. The minimum atomic E-state index is -2.40. The number of hydrogen-bond donors (Lipinski definition) is 0. The lowest BCUT2D eigenvalue weighted by Crippen LogP contribution is -2.58. The summed E-state index contributed by atoms with van der Waals surface area (Å²) in [5.74, 6) is 0. The molecule has 0 aliphatic heterocycles. The van der Waals surface area contributed by atoms with Crippen LogP contribution in [-0.2, 0) is 35.5 Å². The summed E-state index contributed by atoms with van der Waals surface area (Å²) in [6, 6.07) is 0.988. The summed E-state index contributed by atoms with van der Waals surface area (Å²) in [6.07, 6.45) is 0.720. The molecule has 0 N–H and O–H groups in total. The van der Waals surface area contributed by atoms with Crippen LogP contribution < -0.4 is 0 Å². The van der Waals surface area contributed by atoms with Crippen LogP contribution in [-0.4, -0.2) is 80.8 Å². The first kappa shape index (κ1) is 34.3. The lowest BCUT2D eigenvalue weighted by Gasteiger charge is -2.42. The normalized spacial score (nSPS) is 15.8. The molecule has 34 heavy (non-hydrogen) atoms. The van der Waals surface area contributed by atoms with E-state index in [1.807, 2.05) is 13.8 Å². The fourth-order valence-electron chi connectivity index (χ4n) is 4.03. The van der Waals surface area contributed by atoms with Crippen LogP contribution in [0.4, 0.5) is 0 Å². The molecule has 0 fully saturated rings. The Balaban J connectivity index is 4.54. The van der Waals surface area contributed by atoms with Crippen LogP contribution in [0.5, 0.6) is 0 Å². The van der Waals surface area contributed by atoms with E-state index in [9.17, 15) is 4.79 Å². The predicted molar refractivity (Wildman–Crippen MR) is 150 cm³/mol. The Morgan fingerprint density at radius 1 is 0.647 bits per heavy atom. The highest BCUT2D eigenvalue weighted by Gasteiger charge is 2.45. The maximum atomic E-state index is 10.1. The van der Waals surface area contributed by atoms with Crippen LogP contribution in [0.15, 0.2) is 0 Å². The Bertz CT molecular complexity index is 596. The average Bonchev–Trinajstić information content (AvgIpc) is 2.56. The lowest BCUT2D eigenvalue weighted by molar-refractivity contribution is -0.0437. The van der Waals surface area contributed by atoms with Gasteiger partial charge in [0.05, 0.1) is 18.8 Å². The molecule has 0 spiro atoms. The topological polar surface area (TPSA) is 81.7 Å². The van der Waals surface area contributed by atoms with E-state index in [0.29, 0.717) is 13.2 Å². The van der Waals surface area contributed by atoms with Crippen molar-refractivity contribution < 1.29 is 35.5 Å². The van der Waals surface area contributed by atoms with E-state index < -0.39 is 42.3 Å². The van der Waals surface area contributed by atoms with E-state index in [0.717, 1.165) is 12.5 Å². The van der Waals surface area contributed by atoms with E-state index in [-0.39, 0.29) is 18.8 Å². The second-order valence-corrected chi connectivity index (χ2v) is 31.7. The van der Waals surface area contributed by atoms with Crippen molar-refractivity contribution in [3.8, 4) is 0 Å². The molecule has 0 aromatic rings. The van der Waals surface area contributed by atoms with Crippen molar-refractivity contribution in [3.05, 3.63) is 0 Å². The SMILES string of the molecule is CC(CO[C]=O)OCC(C)OCCC[Si](C)(C)O[Si](C)(C)O[Si](C)(C)O[Si](C)(C)O[Si](C)(C)C. The number of hydrogen-bond acceptors (Lipinski definition) is 8. The zero-order valence-corrected chi connectivity index (χ0v) is 29.0. The molecule has 0 saturated heterocycles. The maximum absolute atomic E-state index is 10.1. The van der Waals surface area contributed by atoms with Crippen molar-refractivity contribution in [2.45, 2.75) is 111 Å². The Kier molecular flexibility index (Phi) is 14.4. The summed E-state index contributed by atoms with van der Waals surface area (Å²) in [5, 5.41) is 0. The van der Waals surface area contributed by atoms with Gasteiger partial charge in [0.25, 0.3) is 0 Å². The van der Waals surface area contributed by atoms with Crippen molar-refractivity contribution in [2.75, 3.05) is 19.8 Å². The molecular weight excluding hydrogens is 521 g/mol. The number of ether oxygens (including phenoxy) is 3. The van der Waals surface area contributed by atoms with E-state index in [1.165, 1.54) is 6.47 Å². The zero-order valence-electron chi connectivity index (χ0n) is 24.0. The van der Waals surface area contributed by atoms with Gasteiger partial charge in [0.15, 0.2) is 16.6 Å². The third-order valence-electron chi connectivity index (χ3n) is 4.38. The summed E-state index contributed by atoms with van der Waals surface area (Å²) in [4.78, 5) is 10.1. The second kappa shape index (κ2) is 14.3. The van der Waals surface area contributed by atoms with Gasteiger partial charge in [0.1, 0.15) is 6.61 Å². The molecule has 2 unspecified atom stereocenters. The first-order valence-electron chi connectivity index (χ1n) is 12.2.